The first-order chi connectivity index (χ1) is 10.1. The zero-order valence-electron chi connectivity index (χ0n) is 13.6. The second kappa shape index (κ2) is 9.22. The number of benzene rings is 1. The molecule has 4 N–H and O–H groups in total. The van der Waals surface area contributed by atoms with Gasteiger partial charge >= 0.3 is 0 Å². The van der Waals surface area contributed by atoms with Crippen molar-refractivity contribution in [3.05, 3.63) is 28.8 Å². The molecule has 0 fully saturated rings. The van der Waals surface area contributed by atoms with Crippen molar-refractivity contribution in [1.29, 1.82) is 0 Å². The third-order valence-electron chi connectivity index (χ3n) is 4.06. The minimum Gasteiger partial charge on any atom is -0.508 e. The number of aromatic hydroxyl groups is 1. The highest BCUT2D eigenvalue weighted by atomic mass is 127. The molecule has 0 bridgehead atoms. The topological polar surface area (TPSA) is 70.6 Å². The van der Waals surface area contributed by atoms with Gasteiger partial charge in [0, 0.05) is 12.1 Å². The van der Waals surface area contributed by atoms with Crippen LogP contribution in [0.2, 0.25) is 0 Å². The first kappa shape index (κ1) is 19.1. The van der Waals surface area contributed by atoms with Gasteiger partial charge in [0.05, 0.1) is 6.54 Å². The SMILES string of the molecule is CC(C)CCNC(N)=NCc1c(O)ccc2c1CCCC2.I. The Morgan fingerprint density at radius 2 is 2.05 bits per heavy atom. The van der Waals surface area contributed by atoms with Crippen LogP contribution in [-0.2, 0) is 19.4 Å². The van der Waals surface area contributed by atoms with Crippen LogP contribution in [0.1, 0.15) is 49.8 Å². The maximum atomic E-state index is 10.1. The van der Waals surface area contributed by atoms with Crippen molar-refractivity contribution in [1.82, 2.24) is 5.32 Å². The van der Waals surface area contributed by atoms with Crippen LogP contribution in [0.5, 0.6) is 5.75 Å². The molecule has 0 saturated heterocycles. The van der Waals surface area contributed by atoms with Gasteiger partial charge in [0.1, 0.15) is 5.75 Å². The number of aryl methyl sites for hydroxylation is 1. The average molecular weight is 417 g/mol. The molecule has 0 aromatic heterocycles. The molecule has 1 aliphatic carbocycles. The van der Waals surface area contributed by atoms with E-state index in [1.165, 1.54) is 24.0 Å². The molecule has 1 aromatic carbocycles. The normalized spacial score (nSPS) is 14.4. The van der Waals surface area contributed by atoms with Crippen molar-refractivity contribution >= 4 is 29.9 Å². The number of halogens is 1. The Labute approximate surface area is 150 Å². The van der Waals surface area contributed by atoms with Crippen LogP contribution in [0.25, 0.3) is 0 Å². The van der Waals surface area contributed by atoms with E-state index in [0.29, 0.717) is 24.2 Å². The number of phenolic OH excluding ortho intramolecular Hbond substituents is 1. The Morgan fingerprint density at radius 1 is 1.32 bits per heavy atom. The molecule has 5 heteroatoms. The van der Waals surface area contributed by atoms with E-state index in [-0.39, 0.29) is 24.0 Å². The summed E-state index contributed by atoms with van der Waals surface area (Å²) >= 11 is 0. The van der Waals surface area contributed by atoms with Crippen molar-refractivity contribution < 1.29 is 5.11 Å². The van der Waals surface area contributed by atoms with Crippen molar-refractivity contribution in [2.45, 2.75) is 52.5 Å². The molecule has 1 aromatic rings. The number of fused-ring (bicyclic) bond motifs is 1. The smallest absolute Gasteiger partial charge is 0.188 e. The average Bonchev–Trinajstić information content (AvgIpc) is 2.46. The van der Waals surface area contributed by atoms with Gasteiger partial charge in [-0.05, 0) is 55.2 Å². The molecule has 0 spiro atoms. The number of hydrogen-bond acceptors (Lipinski definition) is 2. The molecule has 124 valence electrons. The molecule has 0 unspecified atom stereocenters. The molecule has 1 aliphatic rings. The van der Waals surface area contributed by atoms with Gasteiger partial charge in [-0.25, -0.2) is 4.99 Å². The predicted molar refractivity (Wildman–Crippen MR) is 103 cm³/mol. The van der Waals surface area contributed by atoms with Gasteiger partial charge < -0.3 is 16.2 Å². The molecule has 22 heavy (non-hydrogen) atoms. The van der Waals surface area contributed by atoms with Crippen molar-refractivity contribution in [3.8, 4) is 5.75 Å². The Kier molecular flexibility index (Phi) is 8.00. The quantitative estimate of drug-likeness (QED) is 0.391. The Hall–Kier alpha value is -0.980. The van der Waals surface area contributed by atoms with Gasteiger partial charge in [-0.1, -0.05) is 19.9 Å². The summed E-state index contributed by atoms with van der Waals surface area (Å²) in [6.07, 6.45) is 5.64. The highest BCUT2D eigenvalue weighted by Gasteiger charge is 2.16. The van der Waals surface area contributed by atoms with Crippen molar-refractivity contribution in [3.63, 3.8) is 0 Å². The first-order valence-corrected chi connectivity index (χ1v) is 7.94. The van der Waals surface area contributed by atoms with Crippen LogP contribution < -0.4 is 11.1 Å². The molecule has 4 nitrogen and oxygen atoms in total. The number of aliphatic imine (C=N–C) groups is 1. The first-order valence-electron chi connectivity index (χ1n) is 7.94. The Balaban J connectivity index is 0.00000242. The Bertz CT molecular complexity index is 515. The molecule has 0 heterocycles. The molecule has 0 aliphatic heterocycles. The molecular weight excluding hydrogens is 389 g/mol. The molecule has 0 radical (unpaired) electrons. The van der Waals surface area contributed by atoms with E-state index in [4.69, 9.17) is 5.73 Å². The fourth-order valence-electron chi connectivity index (χ4n) is 2.78. The van der Waals surface area contributed by atoms with Crippen LogP contribution in [-0.4, -0.2) is 17.6 Å². The molecule has 2 rings (SSSR count). The van der Waals surface area contributed by atoms with E-state index in [1.54, 1.807) is 6.07 Å². The lowest BCUT2D eigenvalue weighted by atomic mass is 9.88. The number of nitrogens with two attached hydrogens (primary N) is 1. The Morgan fingerprint density at radius 3 is 2.77 bits per heavy atom. The zero-order valence-corrected chi connectivity index (χ0v) is 15.9. The van der Waals surface area contributed by atoms with Gasteiger partial charge in [0.25, 0.3) is 0 Å². The number of hydrogen-bond donors (Lipinski definition) is 3. The van der Waals surface area contributed by atoms with Crippen molar-refractivity contribution in [2.24, 2.45) is 16.6 Å². The van der Waals surface area contributed by atoms with Crippen LogP contribution >= 0.6 is 24.0 Å². The highest BCUT2D eigenvalue weighted by Crippen LogP contribution is 2.30. The minimum absolute atomic E-state index is 0. The lowest BCUT2D eigenvalue weighted by Crippen LogP contribution is -2.33. The zero-order chi connectivity index (χ0) is 15.2. The summed E-state index contributed by atoms with van der Waals surface area (Å²) in [6, 6.07) is 3.83. The number of nitrogens with zero attached hydrogens (tertiary/aromatic N) is 1. The summed E-state index contributed by atoms with van der Waals surface area (Å²) in [6.45, 7) is 5.66. The summed E-state index contributed by atoms with van der Waals surface area (Å²) < 4.78 is 0. The summed E-state index contributed by atoms with van der Waals surface area (Å²) in [5, 5.41) is 13.2. The van der Waals surface area contributed by atoms with Crippen LogP contribution in [0.3, 0.4) is 0 Å². The molecule has 0 saturated carbocycles. The van der Waals surface area contributed by atoms with Gasteiger partial charge in [-0.2, -0.15) is 0 Å². The fourth-order valence-corrected chi connectivity index (χ4v) is 2.78. The lowest BCUT2D eigenvalue weighted by Gasteiger charge is -2.19. The molecule has 0 amide bonds. The maximum absolute atomic E-state index is 10.1. The van der Waals surface area contributed by atoms with E-state index in [0.717, 1.165) is 31.4 Å². The number of rotatable bonds is 5. The third kappa shape index (κ3) is 5.34. The van der Waals surface area contributed by atoms with Crippen LogP contribution in [0.4, 0.5) is 0 Å². The van der Waals surface area contributed by atoms with E-state index in [9.17, 15) is 5.11 Å². The van der Waals surface area contributed by atoms with Gasteiger partial charge in [0.15, 0.2) is 5.96 Å². The second-order valence-electron chi connectivity index (χ2n) is 6.22. The number of guanidine groups is 1. The fraction of sp³-hybridized carbons (Fsp3) is 0.588. The van der Waals surface area contributed by atoms with Crippen LogP contribution in [0, 0.1) is 5.92 Å². The standard InChI is InChI=1S/C17H27N3O.HI/c1-12(2)9-10-19-17(18)20-11-15-14-6-4-3-5-13(14)7-8-16(15)21;/h7-8,12,21H,3-6,9-11H2,1-2H3,(H3,18,19,20);1H. The van der Waals surface area contributed by atoms with Crippen molar-refractivity contribution in [2.75, 3.05) is 6.54 Å². The summed E-state index contributed by atoms with van der Waals surface area (Å²) in [5.41, 5.74) is 9.47. The summed E-state index contributed by atoms with van der Waals surface area (Å²) in [7, 11) is 0. The van der Waals surface area contributed by atoms with Gasteiger partial charge in [-0.3, -0.25) is 0 Å². The van der Waals surface area contributed by atoms with Crippen LogP contribution in [0.15, 0.2) is 17.1 Å². The minimum atomic E-state index is 0. The monoisotopic (exact) mass is 417 g/mol. The van der Waals surface area contributed by atoms with E-state index < -0.39 is 0 Å². The van der Waals surface area contributed by atoms with E-state index in [2.05, 4.69) is 24.2 Å². The number of nitrogens with one attached hydrogen (secondary N) is 1. The summed E-state index contributed by atoms with van der Waals surface area (Å²) in [5.74, 6) is 1.45. The van der Waals surface area contributed by atoms with E-state index in [1.807, 2.05) is 6.07 Å². The highest BCUT2D eigenvalue weighted by molar-refractivity contribution is 14.0. The predicted octanol–water partition coefficient (Wildman–Crippen LogP) is 3.34. The number of phenols is 1. The van der Waals surface area contributed by atoms with Gasteiger partial charge in [-0.15, -0.1) is 24.0 Å². The lowest BCUT2D eigenvalue weighted by molar-refractivity contribution is 0.465. The second-order valence-corrected chi connectivity index (χ2v) is 6.22. The maximum Gasteiger partial charge on any atom is 0.188 e. The third-order valence-corrected chi connectivity index (χ3v) is 4.06. The molecular formula is C17H28IN3O. The molecule has 0 atom stereocenters. The largest absolute Gasteiger partial charge is 0.508 e. The summed E-state index contributed by atoms with van der Waals surface area (Å²) in [4.78, 5) is 4.38. The van der Waals surface area contributed by atoms with Gasteiger partial charge in [0.2, 0.25) is 0 Å². The van der Waals surface area contributed by atoms with E-state index >= 15 is 0 Å².